The highest BCUT2D eigenvalue weighted by Gasteiger charge is 2.28. The number of fused-ring (bicyclic) bond motifs is 1. The first-order valence-electron chi connectivity index (χ1n) is 9.87. The number of hydrogen-bond acceptors (Lipinski definition) is 4. The molecular formula is C20H31F3N4O2. The Balaban J connectivity index is 1.84. The SMILES string of the molecule is CCOc1cc2c(cc1CNC(=NC)NCCCN(C)CC(F)(F)F)OC(C)C2. The molecule has 1 aromatic rings. The van der Waals surface area contributed by atoms with Crippen LogP contribution in [0.4, 0.5) is 13.2 Å². The summed E-state index contributed by atoms with van der Waals surface area (Å²) < 4.78 is 48.6. The van der Waals surface area contributed by atoms with Crippen molar-refractivity contribution in [2.75, 3.05) is 40.3 Å². The number of benzene rings is 1. The third-order valence-corrected chi connectivity index (χ3v) is 4.51. The van der Waals surface area contributed by atoms with Gasteiger partial charge in [0.25, 0.3) is 0 Å². The zero-order chi connectivity index (χ0) is 21.4. The summed E-state index contributed by atoms with van der Waals surface area (Å²) in [6.07, 6.45) is -2.57. The second-order valence-electron chi connectivity index (χ2n) is 7.19. The van der Waals surface area contributed by atoms with Crippen molar-refractivity contribution in [1.82, 2.24) is 15.5 Å². The van der Waals surface area contributed by atoms with Crippen molar-refractivity contribution in [2.24, 2.45) is 4.99 Å². The third-order valence-electron chi connectivity index (χ3n) is 4.51. The van der Waals surface area contributed by atoms with Gasteiger partial charge in [-0.25, -0.2) is 0 Å². The molecule has 1 aliphatic rings. The Morgan fingerprint density at radius 2 is 2.10 bits per heavy atom. The molecule has 0 aromatic heterocycles. The minimum absolute atomic E-state index is 0.160. The van der Waals surface area contributed by atoms with Crippen LogP contribution in [0.2, 0.25) is 0 Å². The molecule has 2 N–H and O–H groups in total. The number of aliphatic imine (C=N–C) groups is 1. The van der Waals surface area contributed by atoms with Crippen LogP contribution in [0.5, 0.6) is 11.5 Å². The average Bonchev–Trinajstić information content (AvgIpc) is 2.98. The number of halogens is 3. The number of hydrogen-bond donors (Lipinski definition) is 2. The second-order valence-corrected chi connectivity index (χ2v) is 7.19. The van der Waals surface area contributed by atoms with E-state index in [2.05, 4.69) is 15.6 Å². The minimum atomic E-state index is -4.17. The molecule has 29 heavy (non-hydrogen) atoms. The van der Waals surface area contributed by atoms with Crippen LogP contribution >= 0.6 is 0 Å². The van der Waals surface area contributed by atoms with E-state index in [9.17, 15) is 13.2 Å². The van der Waals surface area contributed by atoms with Crippen LogP contribution in [-0.4, -0.2) is 63.5 Å². The monoisotopic (exact) mass is 416 g/mol. The van der Waals surface area contributed by atoms with Gasteiger partial charge in [0, 0.05) is 37.7 Å². The molecule has 164 valence electrons. The van der Waals surface area contributed by atoms with Gasteiger partial charge in [-0.2, -0.15) is 13.2 Å². The van der Waals surface area contributed by atoms with Crippen LogP contribution in [0.3, 0.4) is 0 Å². The van der Waals surface area contributed by atoms with Crippen molar-refractivity contribution in [1.29, 1.82) is 0 Å². The van der Waals surface area contributed by atoms with E-state index in [1.807, 2.05) is 26.0 Å². The summed E-state index contributed by atoms with van der Waals surface area (Å²) in [5.41, 5.74) is 2.11. The van der Waals surface area contributed by atoms with Crippen LogP contribution in [-0.2, 0) is 13.0 Å². The lowest BCUT2D eigenvalue weighted by Gasteiger charge is -2.19. The fraction of sp³-hybridized carbons (Fsp3) is 0.650. The van der Waals surface area contributed by atoms with Gasteiger partial charge < -0.3 is 20.1 Å². The first-order chi connectivity index (χ1) is 13.7. The van der Waals surface area contributed by atoms with Gasteiger partial charge in [-0.15, -0.1) is 0 Å². The van der Waals surface area contributed by atoms with Crippen molar-refractivity contribution in [3.05, 3.63) is 23.3 Å². The van der Waals surface area contributed by atoms with Gasteiger partial charge in [0.2, 0.25) is 0 Å². The van der Waals surface area contributed by atoms with Crippen molar-refractivity contribution in [3.63, 3.8) is 0 Å². The van der Waals surface area contributed by atoms with Gasteiger partial charge in [-0.05, 0) is 46.0 Å². The summed E-state index contributed by atoms with van der Waals surface area (Å²) in [6, 6.07) is 4.03. The lowest BCUT2D eigenvalue weighted by Crippen LogP contribution is -2.39. The van der Waals surface area contributed by atoms with E-state index >= 15 is 0 Å². The van der Waals surface area contributed by atoms with E-state index in [4.69, 9.17) is 9.47 Å². The summed E-state index contributed by atoms with van der Waals surface area (Å²) in [4.78, 5) is 5.43. The van der Waals surface area contributed by atoms with Gasteiger partial charge in [-0.1, -0.05) is 0 Å². The highest BCUT2D eigenvalue weighted by atomic mass is 19.4. The Kier molecular flexibility index (Phi) is 8.43. The number of guanidine groups is 1. The summed E-state index contributed by atoms with van der Waals surface area (Å²) in [5, 5.41) is 6.35. The molecule has 2 rings (SSSR count). The number of rotatable bonds is 9. The molecule has 1 aliphatic heterocycles. The molecule has 0 saturated carbocycles. The summed E-state index contributed by atoms with van der Waals surface area (Å²) in [5.74, 6) is 2.29. The Labute approximate surface area is 170 Å². The topological polar surface area (TPSA) is 58.1 Å². The van der Waals surface area contributed by atoms with Gasteiger partial charge in [0.1, 0.15) is 17.6 Å². The number of alkyl halides is 3. The molecule has 1 aromatic carbocycles. The fourth-order valence-corrected chi connectivity index (χ4v) is 3.25. The van der Waals surface area contributed by atoms with Crippen LogP contribution in [0.25, 0.3) is 0 Å². The zero-order valence-electron chi connectivity index (χ0n) is 17.5. The molecule has 9 heteroatoms. The number of nitrogens with zero attached hydrogens (tertiary/aromatic N) is 2. The predicted molar refractivity (Wildman–Crippen MR) is 108 cm³/mol. The lowest BCUT2D eigenvalue weighted by molar-refractivity contribution is -0.143. The van der Waals surface area contributed by atoms with E-state index in [0.717, 1.165) is 29.0 Å². The first kappa shape index (κ1) is 23.1. The van der Waals surface area contributed by atoms with Gasteiger partial charge >= 0.3 is 6.18 Å². The van der Waals surface area contributed by atoms with Crippen molar-refractivity contribution < 1.29 is 22.6 Å². The Bertz CT molecular complexity index is 695. The van der Waals surface area contributed by atoms with Crippen molar-refractivity contribution in [2.45, 2.75) is 45.5 Å². The highest BCUT2D eigenvalue weighted by Crippen LogP contribution is 2.35. The average molecular weight is 416 g/mol. The standard InChI is InChI=1S/C20H31F3N4O2/c1-5-28-17-10-15-9-14(2)29-18(15)11-16(17)12-26-19(24-3)25-7-6-8-27(4)13-20(21,22)23/h10-11,14H,5-9,12-13H2,1-4H3,(H2,24,25,26). The summed E-state index contributed by atoms with van der Waals surface area (Å²) in [7, 11) is 3.12. The molecule has 0 spiro atoms. The molecule has 0 fully saturated rings. The molecule has 0 radical (unpaired) electrons. The molecular weight excluding hydrogens is 385 g/mol. The maximum Gasteiger partial charge on any atom is 0.401 e. The lowest BCUT2D eigenvalue weighted by atomic mass is 10.1. The Morgan fingerprint density at radius 3 is 2.76 bits per heavy atom. The van der Waals surface area contributed by atoms with Crippen molar-refractivity contribution >= 4 is 5.96 Å². The molecule has 1 unspecified atom stereocenters. The fourth-order valence-electron chi connectivity index (χ4n) is 3.25. The van der Waals surface area contributed by atoms with Gasteiger partial charge in [-0.3, -0.25) is 9.89 Å². The molecule has 0 saturated heterocycles. The third kappa shape index (κ3) is 7.64. The number of ether oxygens (including phenoxy) is 2. The molecule has 0 bridgehead atoms. The molecule has 6 nitrogen and oxygen atoms in total. The largest absolute Gasteiger partial charge is 0.494 e. The maximum atomic E-state index is 12.3. The van der Waals surface area contributed by atoms with Crippen LogP contribution in [0.15, 0.2) is 17.1 Å². The minimum Gasteiger partial charge on any atom is -0.494 e. The summed E-state index contributed by atoms with van der Waals surface area (Å²) >= 11 is 0. The van der Waals surface area contributed by atoms with Crippen LogP contribution in [0.1, 0.15) is 31.4 Å². The molecule has 0 aliphatic carbocycles. The van der Waals surface area contributed by atoms with Gasteiger partial charge in [0.15, 0.2) is 5.96 Å². The highest BCUT2D eigenvalue weighted by molar-refractivity contribution is 5.79. The molecule has 1 heterocycles. The Hall–Kier alpha value is -2.16. The maximum absolute atomic E-state index is 12.3. The molecule has 1 atom stereocenters. The van der Waals surface area contributed by atoms with Gasteiger partial charge in [0.05, 0.1) is 13.2 Å². The molecule has 0 amide bonds. The van der Waals surface area contributed by atoms with E-state index < -0.39 is 12.7 Å². The second kappa shape index (κ2) is 10.6. The number of nitrogens with one attached hydrogen (secondary N) is 2. The quantitative estimate of drug-likeness (QED) is 0.368. The van der Waals surface area contributed by atoms with E-state index in [-0.39, 0.29) is 6.10 Å². The van der Waals surface area contributed by atoms with E-state index in [1.165, 1.54) is 11.9 Å². The van der Waals surface area contributed by atoms with E-state index in [1.54, 1.807) is 7.05 Å². The van der Waals surface area contributed by atoms with Crippen LogP contribution < -0.4 is 20.1 Å². The first-order valence-corrected chi connectivity index (χ1v) is 9.87. The Morgan fingerprint density at radius 1 is 1.34 bits per heavy atom. The smallest absolute Gasteiger partial charge is 0.401 e. The van der Waals surface area contributed by atoms with E-state index in [0.29, 0.717) is 38.6 Å². The predicted octanol–water partition coefficient (Wildman–Crippen LogP) is 2.96. The summed E-state index contributed by atoms with van der Waals surface area (Å²) in [6.45, 7) is 5.01. The zero-order valence-corrected chi connectivity index (χ0v) is 17.5. The van der Waals surface area contributed by atoms with Crippen molar-refractivity contribution in [3.8, 4) is 11.5 Å². The van der Waals surface area contributed by atoms with Crippen LogP contribution in [0, 0.1) is 0 Å². The normalized spacial score (nSPS) is 16.6.